The Balaban J connectivity index is 2.26. The summed E-state index contributed by atoms with van der Waals surface area (Å²) < 4.78 is 0. The molecule has 0 aromatic heterocycles. The molecule has 0 unspecified atom stereocenters. The van der Waals surface area contributed by atoms with E-state index in [1.54, 1.807) is 42.5 Å². The molecule has 0 spiro atoms. The fourth-order valence-electron chi connectivity index (χ4n) is 1.94. The zero-order valence-corrected chi connectivity index (χ0v) is 13.3. The first kappa shape index (κ1) is 16.3. The number of nitrogens with one attached hydrogen (secondary N) is 1. The molecule has 0 aliphatic carbocycles. The third kappa shape index (κ3) is 3.59. The topological polar surface area (TPSA) is 61.7 Å². The number of hydrogen-bond donors (Lipinski definition) is 2. The van der Waals surface area contributed by atoms with Gasteiger partial charge in [-0.2, -0.15) is 5.10 Å². The van der Waals surface area contributed by atoms with Gasteiger partial charge < -0.3 is 5.11 Å². The Labute approximate surface area is 138 Å². The van der Waals surface area contributed by atoms with Crippen molar-refractivity contribution in [2.24, 2.45) is 5.10 Å². The summed E-state index contributed by atoms with van der Waals surface area (Å²) in [6.45, 7) is 1.87. The maximum atomic E-state index is 12.2. The Kier molecular flexibility index (Phi) is 5.41. The van der Waals surface area contributed by atoms with Crippen molar-refractivity contribution in [3.63, 3.8) is 0 Å². The van der Waals surface area contributed by atoms with E-state index in [2.05, 4.69) is 10.5 Å². The molecule has 0 saturated heterocycles. The molecule has 0 heterocycles. The molecule has 2 aromatic rings. The molecule has 22 heavy (non-hydrogen) atoms. The molecule has 2 aromatic carbocycles. The molecule has 0 fully saturated rings. The molecule has 1 amide bonds. The van der Waals surface area contributed by atoms with E-state index in [0.29, 0.717) is 17.7 Å². The van der Waals surface area contributed by atoms with Gasteiger partial charge in [0.05, 0.1) is 21.3 Å². The van der Waals surface area contributed by atoms with Crippen LogP contribution in [0.1, 0.15) is 29.3 Å². The highest BCUT2D eigenvalue weighted by Crippen LogP contribution is 2.24. The van der Waals surface area contributed by atoms with Gasteiger partial charge in [-0.05, 0) is 30.7 Å². The Morgan fingerprint density at radius 2 is 1.77 bits per heavy atom. The number of phenols is 1. The lowest BCUT2D eigenvalue weighted by atomic mass is 10.1. The van der Waals surface area contributed by atoms with Crippen molar-refractivity contribution >= 4 is 34.8 Å². The molecule has 2 N–H and O–H groups in total. The number of halogens is 2. The number of para-hydroxylation sites is 1. The van der Waals surface area contributed by atoms with Crippen LogP contribution in [0.5, 0.6) is 5.75 Å². The smallest absolute Gasteiger partial charge is 0.274 e. The third-order valence-electron chi connectivity index (χ3n) is 3.03. The Morgan fingerprint density at radius 3 is 2.36 bits per heavy atom. The number of amides is 1. The van der Waals surface area contributed by atoms with Crippen LogP contribution < -0.4 is 5.43 Å². The van der Waals surface area contributed by atoms with Gasteiger partial charge in [-0.25, -0.2) is 5.43 Å². The number of rotatable bonds is 4. The summed E-state index contributed by atoms with van der Waals surface area (Å²) in [5.41, 5.74) is 3.71. The number of carbonyl (C=O) groups excluding carboxylic acids is 1. The normalized spacial score (nSPS) is 11.3. The van der Waals surface area contributed by atoms with Crippen LogP contribution >= 0.6 is 23.2 Å². The average Bonchev–Trinajstić information content (AvgIpc) is 2.49. The minimum atomic E-state index is -0.503. The molecular weight excluding hydrogens is 323 g/mol. The number of carbonyl (C=O) groups is 1. The van der Waals surface area contributed by atoms with Crippen molar-refractivity contribution in [1.29, 1.82) is 0 Å². The van der Waals surface area contributed by atoms with Crippen LogP contribution in [0, 0.1) is 0 Å². The van der Waals surface area contributed by atoms with E-state index >= 15 is 0 Å². The molecule has 0 atom stereocenters. The highest BCUT2D eigenvalue weighted by molar-refractivity contribution is 6.39. The van der Waals surface area contributed by atoms with E-state index in [9.17, 15) is 9.90 Å². The number of hydrogen-bond acceptors (Lipinski definition) is 3. The zero-order valence-electron chi connectivity index (χ0n) is 11.8. The van der Waals surface area contributed by atoms with E-state index < -0.39 is 5.91 Å². The standard InChI is InChI=1S/C16H14Cl2N2O2/c1-2-13(10-6-3-4-9-14(10)21)19-20-16(22)15-11(17)7-5-8-12(15)18/h3-9,21H,2H2,1H3,(H,20,22)/b19-13+. The number of hydrazone groups is 1. The second-order valence-corrected chi connectivity index (χ2v) is 5.28. The summed E-state index contributed by atoms with van der Waals surface area (Å²) in [6, 6.07) is 11.6. The lowest BCUT2D eigenvalue weighted by Crippen LogP contribution is -2.20. The summed E-state index contributed by atoms with van der Waals surface area (Å²) >= 11 is 12.0. The minimum absolute atomic E-state index is 0.105. The second-order valence-electron chi connectivity index (χ2n) is 4.47. The van der Waals surface area contributed by atoms with E-state index in [0.717, 1.165) is 0 Å². The van der Waals surface area contributed by atoms with Gasteiger partial charge >= 0.3 is 0 Å². The molecule has 114 valence electrons. The van der Waals surface area contributed by atoms with E-state index in [1.807, 2.05) is 6.92 Å². The van der Waals surface area contributed by atoms with Crippen LogP contribution in [0.15, 0.2) is 47.6 Å². The first-order chi connectivity index (χ1) is 10.5. The summed E-state index contributed by atoms with van der Waals surface area (Å²) in [5.74, 6) is -0.398. The largest absolute Gasteiger partial charge is 0.507 e. The van der Waals surface area contributed by atoms with E-state index in [1.165, 1.54) is 0 Å². The Morgan fingerprint density at radius 1 is 1.14 bits per heavy atom. The van der Waals surface area contributed by atoms with Crippen molar-refractivity contribution in [3.8, 4) is 5.75 Å². The van der Waals surface area contributed by atoms with E-state index in [4.69, 9.17) is 23.2 Å². The van der Waals surface area contributed by atoms with Gasteiger partial charge in [0.1, 0.15) is 5.75 Å². The van der Waals surface area contributed by atoms with Gasteiger partial charge in [0.15, 0.2) is 0 Å². The lowest BCUT2D eigenvalue weighted by Gasteiger charge is -2.08. The summed E-state index contributed by atoms with van der Waals surface area (Å²) in [4.78, 5) is 12.2. The molecule has 4 nitrogen and oxygen atoms in total. The monoisotopic (exact) mass is 336 g/mol. The Hall–Kier alpha value is -2.04. The fraction of sp³-hybridized carbons (Fsp3) is 0.125. The summed E-state index contributed by atoms with van der Waals surface area (Å²) in [7, 11) is 0. The molecule has 0 aliphatic rings. The predicted octanol–water partition coefficient (Wildman–Crippen LogP) is 4.24. The van der Waals surface area contributed by atoms with Gasteiger partial charge in [-0.15, -0.1) is 0 Å². The van der Waals surface area contributed by atoms with Gasteiger partial charge in [-0.1, -0.05) is 48.3 Å². The molecule has 2 rings (SSSR count). The molecule has 0 radical (unpaired) electrons. The number of aromatic hydroxyl groups is 1. The van der Waals surface area contributed by atoms with Crippen molar-refractivity contribution in [2.75, 3.05) is 0 Å². The maximum Gasteiger partial charge on any atom is 0.274 e. The van der Waals surface area contributed by atoms with Crippen molar-refractivity contribution in [3.05, 3.63) is 63.6 Å². The first-order valence-electron chi connectivity index (χ1n) is 6.63. The fourth-order valence-corrected chi connectivity index (χ4v) is 2.51. The number of phenolic OH excluding ortho intramolecular Hbond substituents is 1. The van der Waals surface area contributed by atoms with Crippen molar-refractivity contribution in [1.82, 2.24) is 5.43 Å². The molecular formula is C16H14Cl2N2O2. The minimum Gasteiger partial charge on any atom is -0.507 e. The van der Waals surface area contributed by atoms with Gasteiger partial charge in [0, 0.05) is 5.56 Å². The predicted molar refractivity (Wildman–Crippen MR) is 88.9 cm³/mol. The highest BCUT2D eigenvalue weighted by atomic mass is 35.5. The summed E-state index contributed by atoms with van der Waals surface area (Å²) in [6.07, 6.45) is 0.536. The quantitative estimate of drug-likeness (QED) is 0.647. The van der Waals surface area contributed by atoms with Crippen LogP contribution in [0.3, 0.4) is 0 Å². The van der Waals surface area contributed by atoms with Crippen LogP contribution in [0.25, 0.3) is 0 Å². The number of benzene rings is 2. The van der Waals surface area contributed by atoms with Crippen molar-refractivity contribution in [2.45, 2.75) is 13.3 Å². The third-order valence-corrected chi connectivity index (χ3v) is 3.66. The summed E-state index contributed by atoms with van der Waals surface area (Å²) in [5, 5.41) is 14.4. The van der Waals surface area contributed by atoms with Crippen LogP contribution in [0.4, 0.5) is 0 Å². The SMILES string of the molecule is CC/C(=N\NC(=O)c1c(Cl)cccc1Cl)c1ccccc1O. The van der Waals surface area contributed by atoms with Gasteiger partial charge in [-0.3, -0.25) is 4.79 Å². The van der Waals surface area contributed by atoms with Crippen molar-refractivity contribution < 1.29 is 9.90 Å². The van der Waals surface area contributed by atoms with Gasteiger partial charge in [0.25, 0.3) is 5.91 Å². The molecule has 0 aliphatic heterocycles. The number of nitrogens with zero attached hydrogens (tertiary/aromatic N) is 1. The molecule has 6 heteroatoms. The second kappa shape index (κ2) is 7.29. The van der Waals surface area contributed by atoms with Crippen LogP contribution in [-0.2, 0) is 0 Å². The lowest BCUT2D eigenvalue weighted by molar-refractivity contribution is 0.0955. The van der Waals surface area contributed by atoms with E-state index in [-0.39, 0.29) is 21.4 Å². The van der Waals surface area contributed by atoms with Crippen LogP contribution in [-0.4, -0.2) is 16.7 Å². The van der Waals surface area contributed by atoms with Crippen LogP contribution in [0.2, 0.25) is 10.0 Å². The maximum absolute atomic E-state index is 12.2. The molecule has 0 saturated carbocycles. The first-order valence-corrected chi connectivity index (χ1v) is 7.39. The Bertz CT molecular complexity index is 710. The molecule has 0 bridgehead atoms. The zero-order chi connectivity index (χ0) is 16.1. The highest BCUT2D eigenvalue weighted by Gasteiger charge is 2.14. The average molecular weight is 337 g/mol. The van der Waals surface area contributed by atoms with Gasteiger partial charge in [0.2, 0.25) is 0 Å².